The fraction of sp³-hybridized carbons (Fsp3) is 0.250. The molecule has 13 heteroatoms. The predicted octanol–water partition coefficient (Wildman–Crippen LogP) is 11.3. The van der Waals surface area contributed by atoms with Gasteiger partial charge in [0.2, 0.25) is 0 Å². The lowest BCUT2D eigenvalue weighted by Gasteiger charge is -2.35. The zero-order chi connectivity index (χ0) is 46.0. The van der Waals surface area contributed by atoms with Crippen LogP contribution in [0, 0.1) is 20.8 Å². The van der Waals surface area contributed by atoms with Crippen LogP contribution in [-0.4, -0.2) is 64.7 Å². The van der Waals surface area contributed by atoms with E-state index >= 15 is 0 Å². The zero-order valence-electron chi connectivity index (χ0n) is 37.4. The Morgan fingerprint density at radius 3 is 2.15 bits per heavy atom. The molecule has 3 heterocycles. The van der Waals surface area contributed by atoms with Gasteiger partial charge in [-0.05, 0) is 127 Å². The minimum absolute atomic E-state index is 0.0499. The van der Waals surface area contributed by atoms with Crippen molar-refractivity contribution in [3.8, 4) is 11.5 Å². The van der Waals surface area contributed by atoms with Crippen LogP contribution in [0.4, 0.5) is 11.4 Å². The van der Waals surface area contributed by atoms with E-state index in [0.29, 0.717) is 77.2 Å². The van der Waals surface area contributed by atoms with Gasteiger partial charge in [-0.15, -0.1) is 0 Å². The second-order valence-electron chi connectivity index (χ2n) is 17.6. The van der Waals surface area contributed by atoms with Gasteiger partial charge in [-0.1, -0.05) is 105 Å². The van der Waals surface area contributed by atoms with Gasteiger partial charge in [-0.2, -0.15) is 17.8 Å². The van der Waals surface area contributed by atoms with Crippen molar-refractivity contribution in [1.29, 1.82) is 0 Å². The number of fused-ring (bicyclic) bond motifs is 1. The average Bonchev–Trinajstić information content (AvgIpc) is 3.62. The molecule has 11 nitrogen and oxygen atoms in total. The number of anilines is 2. The molecule has 1 aliphatic rings. The minimum atomic E-state index is -3.88. The van der Waals surface area contributed by atoms with Crippen LogP contribution in [0.2, 0.25) is 5.02 Å². The van der Waals surface area contributed by atoms with Crippen LogP contribution in [0.3, 0.4) is 0 Å². The number of carboxylic acid groups (broad SMARTS) is 1. The molecule has 2 N–H and O–H groups in total. The summed E-state index contributed by atoms with van der Waals surface area (Å²) in [7, 11) is -3.88. The number of aryl methyl sites for hydroxylation is 3. The van der Waals surface area contributed by atoms with E-state index in [1.807, 2.05) is 105 Å². The first-order valence-electron chi connectivity index (χ1n) is 21.7. The first-order chi connectivity index (χ1) is 31.0. The van der Waals surface area contributed by atoms with Crippen molar-refractivity contribution >= 4 is 62.3 Å². The number of piperazine rings is 1. The Labute approximate surface area is 386 Å². The number of aromatic carboxylic acids is 1. The SMILES string of the molecule is Cc1cc(Oc2ccc(C(Cc3cccc(NS(=O)(=O)N4CCN(c5ccc(C(C)(C)C)cc5)CC4)c3)n3nc(C)c4c(C(=O)O)cc(/C=C/c5ccccc5)nc43)cc2)cc(C)c1Cl. The summed E-state index contributed by atoms with van der Waals surface area (Å²) in [6.45, 7) is 14.0. The molecule has 7 aromatic rings. The Balaban J connectivity index is 1.09. The second kappa shape index (κ2) is 18.6. The highest BCUT2D eigenvalue weighted by atomic mass is 35.5. The fourth-order valence-corrected chi connectivity index (χ4v) is 9.62. The molecule has 5 aromatic carbocycles. The van der Waals surface area contributed by atoms with Gasteiger partial charge in [0.1, 0.15) is 11.5 Å². The largest absolute Gasteiger partial charge is 0.478 e. The lowest BCUT2D eigenvalue weighted by Crippen LogP contribution is -2.50. The molecule has 2 aromatic heterocycles. The van der Waals surface area contributed by atoms with Crippen molar-refractivity contribution in [3.63, 3.8) is 0 Å². The highest BCUT2D eigenvalue weighted by Gasteiger charge is 2.29. The number of nitrogens with one attached hydrogen (secondary N) is 1. The van der Waals surface area contributed by atoms with E-state index < -0.39 is 22.2 Å². The molecule has 1 atom stereocenters. The third-order valence-corrected chi connectivity index (χ3v) is 14.0. The van der Waals surface area contributed by atoms with Gasteiger partial charge in [-0.25, -0.2) is 14.5 Å². The lowest BCUT2D eigenvalue weighted by atomic mass is 9.87. The molecule has 1 saturated heterocycles. The molecular weight excluding hydrogens is 856 g/mol. The topological polar surface area (TPSA) is 130 Å². The number of rotatable bonds is 13. The minimum Gasteiger partial charge on any atom is -0.478 e. The smallest absolute Gasteiger partial charge is 0.336 e. The van der Waals surface area contributed by atoms with Crippen LogP contribution in [0.5, 0.6) is 11.5 Å². The van der Waals surface area contributed by atoms with Crippen molar-refractivity contribution in [2.45, 2.75) is 59.4 Å². The Morgan fingerprint density at radius 2 is 1.51 bits per heavy atom. The number of benzene rings is 5. The van der Waals surface area contributed by atoms with Crippen molar-refractivity contribution in [3.05, 3.63) is 177 Å². The van der Waals surface area contributed by atoms with Gasteiger partial charge in [0, 0.05) is 36.9 Å². The summed E-state index contributed by atoms with van der Waals surface area (Å²) >= 11 is 6.43. The number of ether oxygens (including phenoxy) is 1. The third-order valence-electron chi connectivity index (χ3n) is 11.8. The lowest BCUT2D eigenvalue weighted by molar-refractivity contribution is 0.0698. The number of halogens is 1. The van der Waals surface area contributed by atoms with E-state index in [1.54, 1.807) is 29.8 Å². The fourth-order valence-electron chi connectivity index (χ4n) is 8.31. The van der Waals surface area contributed by atoms with Crippen molar-refractivity contribution < 1.29 is 23.1 Å². The van der Waals surface area contributed by atoms with E-state index in [-0.39, 0.29) is 11.0 Å². The molecule has 0 amide bonds. The maximum absolute atomic E-state index is 13.9. The zero-order valence-corrected chi connectivity index (χ0v) is 39.0. The predicted molar refractivity (Wildman–Crippen MR) is 262 cm³/mol. The van der Waals surface area contributed by atoms with Gasteiger partial charge >= 0.3 is 16.2 Å². The summed E-state index contributed by atoms with van der Waals surface area (Å²) in [4.78, 5) is 20.0. The summed E-state index contributed by atoms with van der Waals surface area (Å²) in [6, 6.07) is 38.2. The quantitative estimate of drug-likeness (QED) is 0.117. The van der Waals surface area contributed by atoms with E-state index in [2.05, 4.69) is 54.7 Å². The first-order valence-corrected chi connectivity index (χ1v) is 23.5. The number of hydrogen-bond donors (Lipinski definition) is 2. The summed E-state index contributed by atoms with van der Waals surface area (Å²) in [5.41, 5.74) is 8.75. The number of hydrogen-bond acceptors (Lipinski definition) is 7. The Kier molecular flexibility index (Phi) is 12.9. The molecule has 0 saturated carbocycles. The van der Waals surface area contributed by atoms with Crippen LogP contribution in [-0.2, 0) is 22.0 Å². The Bertz CT molecular complexity index is 2970. The molecule has 0 spiro atoms. The average molecular weight is 910 g/mol. The molecular formula is C52H53ClN6O5S. The van der Waals surface area contributed by atoms with E-state index in [9.17, 15) is 18.3 Å². The Hall–Kier alpha value is -6.47. The van der Waals surface area contributed by atoms with E-state index in [0.717, 1.165) is 33.5 Å². The number of carboxylic acids is 1. The van der Waals surface area contributed by atoms with Crippen LogP contribution in [0.15, 0.2) is 121 Å². The standard InChI is InChI=1S/C52H53ClN6O5S/c1-34-29-45(30-35(2)49(34)53)64-44-23-16-39(17-24-44)47(59-50-48(36(3)55-59)46(51(60)61)33-41(54-50)20-15-37-11-8-7-9-12-37)32-38-13-10-14-42(31-38)56-65(62,63)58-27-25-57(26-28-58)43-21-18-40(19-22-43)52(4,5)6/h7-24,29-31,33,47,56H,25-28,32H2,1-6H3,(H,60,61)/b20-15+. The van der Waals surface area contributed by atoms with Crippen LogP contribution >= 0.6 is 11.6 Å². The molecule has 0 radical (unpaired) electrons. The van der Waals surface area contributed by atoms with E-state index in [4.69, 9.17) is 26.4 Å². The monoisotopic (exact) mass is 908 g/mol. The van der Waals surface area contributed by atoms with Gasteiger partial charge in [0.05, 0.1) is 34.1 Å². The normalized spacial score (nSPS) is 14.2. The Morgan fingerprint density at radius 1 is 0.831 bits per heavy atom. The molecule has 1 unspecified atom stereocenters. The van der Waals surface area contributed by atoms with Crippen LogP contribution in [0.1, 0.15) is 81.9 Å². The number of pyridine rings is 1. The first kappa shape index (κ1) is 45.1. The van der Waals surface area contributed by atoms with E-state index in [1.165, 1.54) is 9.87 Å². The van der Waals surface area contributed by atoms with Crippen molar-refractivity contribution in [2.24, 2.45) is 0 Å². The summed E-state index contributed by atoms with van der Waals surface area (Å²) in [5, 5.41) is 16.6. The highest BCUT2D eigenvalue weighted by molar-refractivity contribution is 7.90. The molecule has 8 rings (SSSR count). The maximum atomic E-state index is 13.9. The van der Waals surface area contributed by atoms with Gasteiger partial charge in [-0.3, -0.25) is 4.72 Å². The molecule has 334 valence electrons. The van der Waals surface area contributed by atoms with Crippen LogP contribution < -0.4 is 14.4 Å². The molecule has 0 bridgehead atoms. The summed E-state index contributed by atoms with van der Waals surface area (Å²) in [6.07, 6.45) is 4.06. The van der Waals surface area contributed by atoms with Gasteiger partial charge in [0.15, 0.2) is 5.65 Å². The number of aromatic nitrogens is 3. The molecule has 1 fully saturated rings. The molecule has 0 aliphatic carbocycles. The molecule has 65 heavy (non-hydrogen) atoms. The van der Waals surface area contributed by atoms with Crippen LogP contribution in [0.25, 0.3) is 23.2 Å². The number of carbonyl (C=O) groups is 1. The third kappa shape index (κ3) is 10.3. The van der Waals surface area contributed by atoms with Gasteiger partial charge < -0.3 is 14.7 Å². The molecule has 1 aliphatic heterocycles. The summed E-state index contributed by atoms with van der Waals surface area (Å²) < 4.78 is 40.1. The highest BCUT2D eigenvalue weighted by Crippen LogP contribution is 2.34. The second-order valence-corrected chi connectivity index (χ2v) is 19.7. The summed E-state index contributed by atoms with van der Waals surface area (Å²) in [5.74, 6) is 0.192. The maximum Gasteiger partial charge on any atom is 0.336 e. The van der Waals surface area contributed by atoms with Crippen molar-refractivity contribution in [1.82, 2.24) is 19.1 Å². The number of nitrogens with zero attached hydrogens (tertiary/aromatic N) is 5. The van der Waals surface area contributed by atoms with Gasteiger partial charge in [0.25, 0.3) is 0 Å². The van der Waals surface area contributed by atoms with Crippen molar-refractivity contribution in [2.75, 3.05) is 35.8 Å².